The average Bonchev–Trinajstić information content (AvgIpc) is 2.41. The van der Waals surface area contributed by atoms with Crippen molar-refractivity contribution >= 4 is 72.6 Å². The molecule has 1 saturated carbocycles. The van der Waals surface area contributed by atoms with Gasteiger partial charge < -0.3 is 4.74 Å². The van der Waals surface area contributed by atoms with Gasteiger partial charge in [0.05, 0.1) is 5.92 Å². The fourth-order valence-corrected chi connectivity index (χ4v) is 4.91. The van der Waals surface area contributed by atoms with E-state index in [1.165, 1.54) is 0 Å². The lowest BCUT2D eigenvalue weighted by Gasteiger charge is -2.49. The molecule has 0 aliphatic heterocycles. The Hall–Kier alpha value is 0.260. The smallest absolute Gasteiger partial charge is 0.309 e. The molecule has 23 heavy (non-hydrogen) atoms. The van der Waals surface area contributed by atoms with Gasteiger partial charge in [0.15, 0.2) is 0 Å². The van der Waals surface area contributed by atoms with Crippen LogP contribution in [0.1, 0.15) is 25.8 Å². The van der Waals surface area contributed by atoms with E-state index in [0.29, 0.717) is 11.4 Å². The van der Waals surface area contributed by atoms with E-state index < -0.39 is 0 Å². The van der Waals surface area contributed by atoms with Gasteiger partial charge >= 0.3 is 5.97 Å². The van der Waals surface area contributed by atoms with Crippen molar-refractivity contribution in [3.8, 4) is 0 Å². The van der Waals surface area contributed by atoms with E-state index in [-0.39, 0.29) is 34.3 Å². The predicted octanol–water partition coefficient (Wildman–Crippen LogP) is 6.89. The molecule has 0 aromatic heterocycles. The van der Waals surface area contributed by atoms with Crippen LogP contribution in [-0.2, 0) is 16.1 Å². The molecule has 2 atom stereocenters. The van der Waals surface area contributed by atoms with Crippen LogP contribution in [0, 0.1) is 17.3 Å². The Labute approximate surface area is 167 Å². The van der Waals surface area contributed by atoms with Crippen molar-refractivity contribution < 1.29 is 9.53 Å². The molecule has 0 heterocycles. The fraction of sp³-hybridized carbons (Fsp3) is 0.438. The van der Waals surface area contributed by atoms with E-state index >= 15 is 0 Å². The SMILES string of the molecule is CC1(C)C(C=C(Cl)Cl)CC1C(=O)OCc1c(Cl)cc(Br)cc1Br. The first kappa shape index (κ1) is 19.6. The van der Waals surface area contributed by atoms with Crippen LogP contribution < -0.4 is 0 Å². The molecule has 1 aliphatic rings. The average molecular weight is 505 g/mol. The second-order valence-corrected chi connectivity index (χ2v) is 9.31. The lowest BCUT2D eigenvalue weighted by atomic mass is 9.55. The maximum absolute atomic E-state index is 12.4. The summed E-state index contributed by atoms with van der Waals surface area (Å²) in [7, 11) is 0. The second kappa shape index (κ2) is 7.65. The normalized spacial score (nSPS) is 22.2. The molecule has 0 saturated heterocycles. The van der Waals surface area contributed by atoms with E-state index in [4.69, 9.17) is 39.5 Å². The molecular formula is C16H15Br2Cl3O2. The third-order valence-electron chi connectivity index (χ3n) is 4.42. The molecular weight excluding hydrogens is 490 g/mol. The van der Waals surface area contributed by atoms with Gasteiger partial charge in [-0.05, 0) is 29.9 Å². The van der Waals surface area contributed by atoms with Crippen LogP contribution in [0.2, 0.25) is 5.02 Å². The lowest BCUT2D eigenvalue weighted by Crippen LogP contribution is -2.48. The van der Waals surface area contributed by atoms with Crippen LogP contribution in [-0.4, -0.2) is 5.97 Å². The van der Waals surface area contributed by atoms with Crippen molar-refractivity contribution in [1.82, 2.24) is 0 Å². The van der Waals surface area contributed by atoms with Gasteiger partial charge in [0.2, 0.25) is 0 Å². The fourth-order valence-electron chi connectivity index (χ4n) is 2.75. The minimum Gasteiger partial charge on any atom is -0.460 e. The molecule has 2 nitrogen and oxygen atoms in total. The van der Waals surface area contributed by atoms with Gasteiger partial charge in [-0.1, -0.05) is 86.6 Å². The number of benzene rings is 1. The Kier molecular flexibility index (Phi) is 6.52. The van der Waals surface area contributed by atoms with Crippen LogP contribution in [0.25, 0.3) is 0 Å². The molecule has 2 rings (SSSR count). The van der Waals surface area contributed by atoms with E-state index in [2.05, 4.69) is 31.9 Å². The van der Waals surface area contributed by atoms with Crippen LogP contribution >= 0.6 is 66.7 Å². The van der Waals surface area contributed by atoms with Crippen molar-refractivity contribution in [2.24, 2.45) is 17.3 Å². The molecule has 0 bridgehead atoms. The number of carbonyl (C=O) groups excluding carboxylic acids is 1. The van der Waals surface area contributed by atoms with Crippen molar-refractivity contribution in [2.75, 3.05) is 0 Å². The molecule has 0 radical (unpaired) electrons. The van der Waals surface area contributed by atoms with E-state index in [1.54, 1.807) is 12.1 Å². The standard InChI is InChI=1S/C16H15Br2Cl3O2/c1-16(2)8(4-14(20)21)3-11(16)15(22)23-7-10-12(18)5-9(17)6-13(10)19/h4-6,8,11H,3,7H2,1-2H3. The largest absolute Gasteiger partial charge is 0.460 e. The van der Waals surface area contributed by atoms with Crippen LogP contribution in [0.3, 0.4) is 0 Å². The van der Waals surface area contributed by atoms with Gasteiger partial charge in [-0.2, -0.15) is 0 Å². The van der Waals surface area contributed by atoms with Crippen molar-refractivity contribution in [1.29, 1.82) is 0 Å². The number of esters is 1. The van der Waals surface area contributed by atoms with E-state index in [0.717, 1.165) is 14.5 Å². The van der Waals surface area contributed by atoms with Crippen LogP contribution in [0.15, 0.2) is 31.6 Å². The molecule has 1 aliphatic carbocycles. The molecule has 7 heteroatoms. The topological polar surface area (TPSA) is 26.3 Å². The Bertz CT molecular complexity index is 632. The Balaban J connectivity index is 2.01. The van der Waals surface area contributed by atoms with Crippen molar-refractivity contribution in [3.63, 3.8) is 0 Å². The minimum absolute atomic E-state index is 0.134. The number of rotatable bonds is 4. The van der Waals surface area contributed by atoms with Crippen LogP contribution in [0.4, 0.5) is 0 Å². The highest BCUT2D eigenvalue weighted by Gasteiger charge is 2.51. The van der Waals surface area contributed by atoms with Gasteiger partial charge in [0, 0.05) is 19.5 Å². The van der Waals surface area contributed by atoms with Crippen molar-refractivity contribution in [3.05, 3.63) is 42.2 Å². The second-order valence-electron chi connectivity index (χ2n) is 6.13. The zero-order chi connectivity index (χ0) is 17.4. The number of carbonyl (C=O) groups is 1. The summed E-state index contributed by atoms with van der Waals surface area (Å²) in [5.74, 6) is -0.228. The Morgan fingerprint density at radius 3 is 2.57 bits per heavy atom. The number of hydrogen-bond acceptors (Lipinski definition) is 2. The molecule has 0 spiro atoms. The summed E-state index contributed by atoms with van der Waals surface area (Å²) in [5.41, 5.74) is 0.521. The molecule has 1 fully saturated rings. The highest BCUT2D eigenvalue weighted by atomic mass is 79.9. The van der Waals surface area contributed by atoms with E-state index in [1.807, 2.05) is 19.9 Å². The summed E-state index contributed by atoms with van der Waals surface area (Å²) < 4.78 is 7.36. The number of ether oxygens (including phenoxy) is 1. The maximum Gasteiger partial charge on any atom is 0.309 e. The summed E-state index contributed by atoms with van der Waals surface area (Å²) in [4.78, 5) is 12.4. The zero-order valence-electron chi connectivity index (χ0n) is 12.5. The zero-order valence-corrected chi connectivity index (χ0v) is 17.9. The number of halogens is 5. The first-order valence-electron chi connectivity index (χ1n) is 6.95. The molecule has 126 valence electrons. The van der Waals surface area contributed by atoms with Crippen LogP contribution in [0.5, 0.6) is 0 Å². The minimum atomic E-state index is -0.229. The summed E-state index contributed by atoms with van der Waals surface area (Å²) in [6.07, 6.45) is 2.47. The number of hydrogen-bond donors (Lipinski definition) is 0. The molecule has 1 aromatic rings. The van der Waals surface area contributed by atoms with Crippen molar-refractivity contribution in [2.45, 2.75) is 26.9 Å². The summed E-state index contributed by atoms with van der Waals surface area (Å²) in [6.45, 7) is 4.17. The molecule has 0 N–H and O–H groups in total. The summed E-state index contributed by atoms with van der Waals surface area (Å²) in [6, 6.07) is 3.64. The Morgan fingerprint density at radius 1 is 1.39 bits per heavy atom. The summed E-state index contributed by atoms with van der Waals surface area (Å²) >= 11 is 24.4. The van der Waals surface area contributed by atoms with Gasteiger partial charge in [-0.15, -0.1) is 0 Å². The van der Waals surface area contributed by atoms with Gasteiger partial charge in [0.1, 0.15) is 11.1 Å². The number of allylic oxidation sites excluding steroid dienone is 1. The first-order chi connectivity index (χ1) is 10.6. The molecule has 0 amide bonds. The quantitative estimate of drug-likeness (QED) is 0.417. The summed E-state index contributed by atoms with van der Waals surface area (Å²) in [5, 5.41) is 0.543. The monoisotopic (exact) mass is 502 g/mol. The maximum atomic E-state index is 12.4. The third-order valence-corrected chi connectivity index (χ3v) is 6.17. The van der Waals surface area contributed by atoms with E-state index in [9.17, 15) is 4.79 Å². The first-order valence-corrected chi connectivity index (χ1v) is 9.67. The highest BCUT2D eigenvalue weighted by molar-refractivity contribution is 9.11. The van der Waals surface area contributed by atoms with Gasteiger partial charge in [-0.3, -0.25) is 4.79 Å². The Morgan fingerprint density at radius 2 is 2.04 bits per heavy atom. The van der Waals surface area contributed by atoms with Gasteiger partial charge in [0.25, 0.3) is 0 Å². The van der Waals surface area contributed by atoms with Gasteiger partial charge in [-0.25, -0.2) is 0 Å². The lowest BCUT2D eigenvalue weighted by molar-refractivity contribution is -0.164. The molecule has 2 unspecified atom stereocenters. The third kappa shape index (κ3) is 4.46. The highest BCUT2D eigenvalue weighted by Crippen LogP contribution is 2.53. The molecule has 1 aromatic carbocycles. The predicted molar refractivity (Wildman–Crippen MR) is 102 cm³/mol.